The maximum Gasteiger partial charge on any atom is 0.416 e. The Morgan fingerprint density at radius 1 is 1.11 bits per heavy atom. The SMILES string of the molecule is CCN(C(C)C)[C@@H]1CC[C@H](NC(=O)CNC(=O)c2cccc(C(F)(F)F)c2)[C@H](C(=O)NC(C)(C)C)C1. The Bertz CT molecular complexity index is 928. The van der Waals surface area contributed by atoms with Crippen LogP contribution in [-0.4, -0.2) is 59.4 Å². The predicted octanol–water partition coefficient (Wildman–Crippen LogP) is 3.73. The average molecular weight is 513 g/mol. The molecule has 0 aromatic heterocycles. The summed E-state index contributed by atoms with van der Waals surface area (Å²) in [5, 5.41) is 8.26. The number of alkyl halides is 3. The second-order valence-corrected chi connectivity index (χ2v) is 10.7. The average Bonchev–Trinajstić information content (AvgIpc) is 2.77. The van der Waals surface area contributed by atoms with Crippen LogP contribution in [0.25, 0.3) is 0 Å². The lowest BCUT2D eigenvalue weighted by Gasteiger charge is -2.43. The highest BCUT2D eigenvalue weighted by molar-refractivity contribution is 5.96. The number of halogens is 3. The molecule has 1 fully saturated rings. The molecule has 0 saturated heterocycles. The second-order valence-electron chi connectivity index (χ2n) is 10.7. The lowest BCUT2D eigenvalue weighted by atomic mass is 9.79. The summed E-state index contributed by atoms with van der Waals surface area (Å²) in [5.74, 6) is -1.86. The van der Waals surface area contributed by atoms with Gasteiger partial charge < -0.3 is 16.0 Å². The summed E-state index contributed by atoms with van der Waals surface area (Å²) in [4.78, 5) is 40.5. The zero-order chi connectivity index (χ0) is 27.3. The number of carbonyl (C=O) groups is 3. The molecule has 3 atom stereocenters. The number of nitrogens with zero attached hydrogens (tertiary/aromatic N) is 1. The number of hydrogen-bond acceptors (Lipinski definition) is 4. The van der Waals surface area contributed by atoms with Crippen LogP contribution < -0.4 is 16.0 Å². The Morgan fingerprint density at radius 3 is 2.33 bits per heavy atom. The Hall–Kier alpha value is -2.62. The van der Waals surface area contributed by atoms with Crippen LogP contribution in [-0.2, 0) is 15.8 Å². The van der Waals surface area contributed by atoms with E-state index in [9.17, 15) is 27.6 Å². The minimum atomic E-state index is -4.57. The van der Waals surface area contributed by atoms with E-state index in [-0.39, 0.29) is 17.5 Å². The lowest BCUT2D eigenvalue weighted by molar-refractivity contribution is -0.137. The molecular formula is C26H39F3N4O3. The Morgan fingerprint density at radius 2 is 1.78 bits per heavy atom. The fourth-order valence-corrected chi connectivity index (χ4v) is 4.78. The summed E-state index contributed by atoms with van der Waals surface area (Å²) in [6, 6.07) is 4.14. The predicted molar refractivity (Wildman–Crippen MR) is 132 cm³/mol. The summed E-state index contributed by atoms with van der Waals surface area (Å²) in [6.45, 7) is 12.5. The summed E-state index contributed by atoms with van der Waals surface area (Å²) < 4.78 is 38.8. The molecule has 0 radical (unpaired) electrons. The first-order chi connectivity index (χ1) is 16.6. The van der Waals surface area contributed by atoms with E-state index in [0.717, 1.165) is 31.2 Å². The first kappa shape index (κ1) is 29.6. The van der Waals surface area contributed by atoms with Crippen molar-refractivity contribution in [3.05, 3.63) is 35.4 Å². The molecule has 1 aromatic rings. The minimum Gasteiger partial charge on any atom is -0.351 e. The van der Waals surface area contributed by atoms with Gasteiger partial charge in [-0.1, -0.05) is 13.0 Å². The van der Waals surface area contributed by atoms with Crippen molar-refractivity contribution < 1.29 is 27.6 Å². The molecule has 1 aliphatic carbocycles. The van der Waals surface area contributed by atoms with Crippen molar-refractivity contribution >= 4 is 17.7 Å². The second kappa shape index (κ2) is 12.1. The highest BCUT2D eigenvalue weighted by atomic mass is 19.4. The van der Waals surface area contributed by atoms with Crippen molar-refractivity contribution in [2.75, 3.05) is 13.1 Å². The van der Waals surface area contributed by atoms with Gasteiger partial charge in [0, 0.05) is 29.2 Å². The number of nitrogens with one attached hydrogen (secondary N) is 3. The third-order valence-electron chi connectivity index (χ3n) is 6.36. The molecule has 1 saturated carbocycles. The summed E-state index contributed by atoms with van der Waals surface area (Å²) >= 11 is 0. The maximum atomic E-state index is 13.2. The van der Waals surface area contributed by atoms with Gasteiger partial charge in [-0.3, -0.25) is 19.3 Å². The van der Waals surface area contributed by atoms with E-state index in [4.69, 9.17) is 0 Å². The van der Waals surface area contributed by atoms with E-state index in [1.54, 1.807) is 0 Å². The Kier molecular flexibility index (Phi) is 9.93. The number of benzene rings is 1. The molecule has 1 aliphatic rings. The molecule has 1 aromatic carbocycles. The number of amides is 3. The number of rotatable bonds is 8. The van der Waals surface area contributed by atoms with Crippen LogP contribution in [0, 0.1) is 5.92 Å². The first-order valence-electron chi connectivity index (χ1n) is 12.4. The standard InChI is InChI=1S/C26H39F3N4O3/c1-7-33(16(2)3)19-11-12-21(20(14-19)24(36)32-25(4,5)6)31-22(34)15-30-23(35)17-9-8-10-18(13-17)26(27,28)29/h8-10,13,16,19-21H,7,11-12,14-15H2,1-6H3,(H,30,35)(H,31,34)(H,32,36)/t19-,20-,21+/m1/s1. The van der Waals surface area contributed by atoms with Gasteiger partial charge in [0.2, 0.25) is 11.8 Å². The molecule has 2 rings (SSSR count). The van der Waals surface area contributed by atoms with Crippen molar-refractivity contribution in [3.8, 4) is 0 Å². The van der Waals surface area contributed by atoms with Crippen LogP contribution in [0.15, 0.2) is 24.3 Å². The highest BCUT2D eigenvalue weighted by Crippen LogP contribution is 2.31. The number of carbonyl (C=O) groups excluding carboxylic acids is 3. The van der Waals surface area contributed by atoms with Gasteiger partial charge in [-0.05, 0) is 78.6 Å². The molecule has 36 heavy (non-hydrogen) atoms. The molecular weight excluding hydrogens is 473 g/mol. The van der Waals surface area contributed by atoms with Crippen molar-refractivity contribution in [2.24, 2.45) is 5.92 Å². The van der Waals surface area contributed by atoms with Crippen LogP contribution in [0.3, 0.4) is 0 Å². The summed E-state index contributed by atoms with van der Waals surface area (Å²) in [7, 11) is 0. The van der Waals surface area contributed by atoms with E-state index in [1.165, 1.54) is 6.07 Å². The van der Waals surface area contributed by atoms with Crippen LogP contribution in [0.1, 0.15) is 76.7 Å². The van der Waals surface area contributed by atoms with Crippen molar-refractivity contribution in [1.29, 1.82) is 0 Å². The van der Waals surface area contributed by atoms with Crippen molar-refractivity contribution in [1.82, 2.24) is 20.9 Å². The zero-order valence-electron chi connectivity index (χ0n) is 22.0. The van der Waals surface area contributed by atoms with Crippen molar-refractivity contribution in [2.45, 2.75) is 90.6 Å². The lowest BCUT2D eigenvalue weighted by Crippen LogP contribution is -2.57. The number of hydrogen-bond donors (Lipinski definition) is 3. The van der Waals surface area contributed by atoms with Gasteiger partial charge in [-0.25, -0.2) is 0 Å². The van der Waals surface area contributed by atoms with Crippen LogP contribution in [0.5, 0.6) is 0 Å². The molecule has 0 aliphatic heterocycles. The van der Waals surface area contributed by atoms with Gasteiger partial charge in [-0.2, -0.15) is 13.2 Å². The fraction of sp³-hybridized carbons (Fsp3) is 0.654. The van der Waals surface area contributed by atoms with Gasteiger partial charge in [0.05, 0.1) is 18.0 Å². The zero-order valence-corrected chi connectivity index (χ0v) is 22.0. The molecule has 0 unspecified atom stereocenters. The fourth-order valence-electron chi connectivity index (χ4n) is 4.78. The summed E-state index contributed by atoms with van der Waals surface area (Å²) in [6.07, 6.45) is -2.57. The monoisotopic (exact) mass is 512 g/mol. The van der Waals surface area contributed by atoms with Crippen LogP contribution >= 0.6 is 0 Å². The van der Waals surface area contributed by atoms with Gasteiger partial charge in [0.15, 0.2) is 0 Å². The maximum absolute atomic E-state index is 13.2. The third-order valence-corrected chi connectivity index (χ3v) is 6.36. The largest absolute Gasteiger partial charge is 0.416 e. The molecule has 0 bridgehead atoms. The van der Waals surface area contributed by atoms with E-state index in [0.29, 0.717) is 18.9 Å². The van der Waals surface area contributed by atoms with E-state index in [1.807, 2.05) is 20.8 Å². The van der Waals surface area contributed by atoms with Crippen LogP contribution in [0.2, 0.25) is 0 Å². The molecule has 10 heteroatoms. The molecule has 202 valence electrons. The first-order valence-corrected chi connectivity index (χ1v) is 12.4. The van der Waals surface area contributed by atoms with Gasteiger partial charge in [-0.15, -0.1) is 0 Å². The smallest absolute Gasteiger partial charge is 0.351 e. The quantitative estimate of drug-likeness (QED) is 0.495. The Labute approximate surface area is 211 Å². The molecule has 0 spiro atoms. The van der Waals surface area contributed by atoms with Gasteiger partial charge >= 0.3 is 6.18 Å². The summed E-state index contributed by atoms with van der Waals surface area (Å²) in [5.41, 5.74) is -1.56. The van der Waals surface area contributed by atoms with E-state index >= 15 is 0 Å². The van der Waals surface area contributed by atoms with Crippen LogP contribution in [0.4, 0.5) is 13.2 Å². The molecule has 3 amide bonds. The Balaban J connectivity index is 2.06. The van der Waals surface area contributed by atoms with Crippen molar-refractivity contribution in [3.63, 3.8) is 0 Å². The molecule has 7 nitrogen and oxygen atoms in total. The normalized spacial score (nSPS) is 20.8. The van der Waals surface area contributed by atoms with Gasteiger partial charge in [0.25, 0.3) is 5.91 Å². The third kappa shape index (κ3) is 8.50. The van der Waals surface area contributed by atoms with E-state index in [2.05, 4.69) is 41.6 Å². The topological polar surface area (TPSA) is 90.5 Å². The minimum absolute atomic E-state index is 0.134. The van der Waals surface area contributed by atoms with Gasteiger partial charge in [0.1, 0.15) is 0 Å². The highest BCUT2D eigenvalue weighted by Gasteiger charge is 2.39. The molecule has 3 N–H and O–H groups in total. The molecule has 0 heterocycles. The van der Waals surface area contributed by atoms with E-state index < -0.39 is 47.6 Å².